The maximum absolute atomic E-state index is 12.6. The fourth-order valence-corrected chi connectivity index (χ4v) is 2.69. The average molecular weight is 341 g/mol. The fourth-order valence-electron chi connectivity index (χ4n) is 2.69. The molecule has 1 atom stereocenters. The van der Waals surface area contributed by atoms with Crippen LogP contribution in [-0.2, 0) is 0 Å². The van der Waals surface area contributed by atoms with E-state index in [0.717, 1.165) is 25.9 Å². The van der Waals surface area contributed by atoms with E-state index < -0.39 is 4.92 Å². The Labute approximate surface area is 141 Å². The van der Waals surface area contributed by atoms with Gasteiger partial charge >= 0.3 is 0 Å². The third kappa shape index (κ3) is 3.92. The van der Waals surface area contributed by atoms with Gasteiger partial charge in [0.15, 0.2) is 0 Å². The van der Waals surface area contributed by atoms with Gasteiger partial charge in [-0.1, -0.05) is 0 Å². The first-order valence-corrected chi connectivity index (χ1v) is 7.63. The Morgan fingerprint density at radius 3 is 2.78 bits per heavy atom. The Morgan fingerprint density at radius 1 is 1.43 bits per heavy atom. The van der Waals surface area contributed by atoms with Crippen molar-refractivity contribution >= 4 is 29.7 Å². The van der Waals surface area contributed by atoms with E-state index in [1.54, 1.807) is 17.0 Å². The van der Waals surface area contributed by atoms with Gasteiger partial charge in [-0.2, -0.15) is 0 Å². The molecule has 0 aromatic heterocycles. The molecule has 23 heavy (non-hydrogen) atoms. The van der Waals surface area contributed by atoms with E-state index in [2.05, 4.69) is 10.6 Å². The summed E-state index contributed by atoms with van der Waals surface area (Å²) in [5.74, 6) is -0.143. The van der Waals surface area contributed by atoms with Crippen molar-refractivity contribution in [3.63, 3.8) is 0 Å². The number of nitro benzene ring substituents is 1. The number of carbonyl (C=O) groups excluding carboxylic acids is 1. The molecule has 0 spiro atoms. The Bertz CT molecular complexity index is 606. The number of hydrogen-bond donors (Lipinski definition) is 2. The monoisotopic (exact) mass is 340 g/mol. The number of nitro groups is 1. The van der Waals surface area contributed by atoms with Gasteiger partial charge in [0.2, 0.25) is 0 Å². The molecule has 1 heterocycles. The van der Waals surface area contributed by atoms with Crippen LogP contribution in [0.2, 0.25) is 0 Å². The largest absolute Gasteiger partial charge is 0.377 e. The van der Waals surface area contributed by atoms with Gasteiger partial charge in [-0.05, 0) is 31.9 Å². The second-order valence-corrected chi connectivity index (χ2v) is 5.96. The summed E-state index contributed by atoms with van der Waals surface area (Å²) in [6.07, 6.45) is 2.08. The van der Waals surface area contributed by atoms with Gasteiger partial charge in [0.1, 0.15) is 5.69 Å². The van der Waals surface area contributed by atoms with Crippen molar-refractivity contribution in [3.05, 3.63) is 33.9 Å². The van der Waals surface area contributed by atoms with Crippen LogP contribution >= 0.6 is 12.4 Å². The first-order valence-electron chi connectivity index (χ1n) is 7.63. The van der Waals surface area contributed by atoms with E-state index in [1.807, 2.05) is 6.92 Å². The van der Waals surface area contributed by atoms with Crippen molar-refractivity contribution in [3.8, 4) is 0 Å². The third-order valence-corrected chi connectivity index (χ3v) is 4.14. The van der Waals surface area contributed by atoms with Crippen LogP contribution in [0.25, 0.3) is 0 Å². The highest BCUT2D eigenvalue weighted by Gasteiger charge is 2.28. The maximum atomic E-state index is 12.6. The van der Waals surface area contributed by atoms with Crippen molar-refractivity contribution < 1.29 is 9.72 Å². The predicted octanol–water partition coefficient (Wildman–Crippen LogP) is 2.02. The number of halogens is 1. The van der Waals surface area contributed by atoms with E-state index in [0.29, 0.717) is 23.8 Å². The highest BCUT2D eigenvalue weighted by atomic mass is 35.5. The van der Waals surface area contributed by atoms with Crippen LogP contribution in [-0.4, -0.2) is 47.4 Å². The number of anilines is 1. The summed E-state index contributed by atoms with van der Waals surface area (Å²) in [5.41, 5.74) is 0.847. The molecule has 0 radical (unpaired) electrons. The van der Waals surface area contributed by atoms with E-state index in [4.69, 9.17) is 0 Å². The molecular formula is C15H21ClN4O3. The van der Waals surface area contributed by atoms with E-state index in [-0.39, 0.29) is 30.0 Å². The molecule has 1 saturated heterocycles. The Kier molecular flexibility index (Phi) is 5.43. The molecule has 3 rings (SSSR count). The van der Waals surface area contributed by atoms with E-state index >= 15 is 0 Å². The highest BCUT2D eigenvalue weighted by Crippen LogP contribution is 2.32. The first-order chi connectivity index (χ1) is 10.6. The molecule has 1 amide bonds. The Hall–Kier alpha value is -1.86. The number of benzene rings is 1. The number of hydrogen-bond acceptors (Lipinski definition) is 5. The average Bonchev–Trinajstić information content (AvgIpc) is 3.31. The second-order valence-electron chi connectivity index (χ2n) is 5.96. The van der Waals surface area contributed by atoms with Crippen LogP contribution in [0.3, 0.4) is 0 Å². The highest BCUT2D eigenvalue weighted by molar-refractivity contribution is 5.96. The fraction of sp³-hybridized carbons (Fsp3) is 0.533. The summed E-state index contributed by atoms with van der Waals surface area (Å²) in [6, 6.07) is 5.13. The second kappa shape index (κ2) is 7.14. The number of piperazine rings is 1. The molecule has 0 bridgehead atoms. The summed E-state index contributed by atoms with van der Waals surface area (Å²) >= 11 is 0. The summed E-state index contributed by atoms with van der Waals surface area (Å²) in [7, 11) is 0. The van der Waals surface area contributed by atoms with Gasteiger partial charge in [-0.3, -0.25) is 14.9 Å². The van der Waals surface area contributed by atoms with Gasteiger partial charge in [0.05, 0.1) is 4.92 Å². The molecule has 2 N–H and O–H groups in total. The smallest absolute Gasteiger partial charge is 0.293 e. The zero-order chi connectivity index (χ0) is 15.7. The zero-order valence-corrected chi connectivity index (χ0v) is 13.8. The summed E-state index contributed by atoms with van der Waals surface area (Å²) < 4.78 is 0. The number of nitrogens with one attached hydrogen (secondary N) is 2. The minimum absolute atomic E-state index is 0. The van der Waals surface area contributed by atoms with E-state index in [9.17, 15) is 14.9 Å². The quantitative estimate of drug-likeness (QED) is 0.646. The molecule has 1 aliphatic heterocycles. The van der Waals surface area contributed by atoms with Crippen LogP contribution in [0, 0.1) is 10.1 Å². The van der Waals surface area contributed by atoms with Crippen LogP contribution in [0.4, 0.5) is 11.4 Å². The van der Waals surface area contributed by atoms with Crippen LogP contribution < -0.4 is 10.6 Å². The zero-order valence-electron chi connectivity index (χ0n) is 12.9. The minimum Gasteiger partial charge on any atom is -0.377 e. The van der Waals surface area contributed by atoms with E-state index in [1.165, 1.54) is 6.07 Å². The molecule has 1 aromatic carbocycles. The third-order valence-electron chi connectivity index (χ3n) is 4.14. The summed E-state index contributed by atoms with van der Waals surface area (Å²) in [5, 5.41) is 17.6. The maximum Gasteiger partial charge on any atom is 0.293 e. The van der Waals surface area contributed by atoms with Crippen molar-refractivity contribution in [2.75, 3.05) is 25.0 Å². The molecule has 2 aliphatic rings. The molecule has 1 aromatic rings. The van der Waals surface area contributed by atoms with Crippen LogP contribution in [0.5, 0.6) is 0 Å². The van der Waals surface area contributed by atoms with Crippen molar-refractivity contribution in [1.29, 1.82) is 0 Å². The number of carbonyl (C=O) groups is 1. The standard InChI is InChI=1S/C15H20N4O3.ClH/c1-10-9-16-6-7-18(10)15(20)11-2-5-13(17-12-3-4-12)14(8-11)19(21)22;/h2,5,8,10,12,16-17H,3-4,6-7,9H2,1H3;1H/t10-;/m1./s1. The SMILES string of the molecule is C[C@@H]1CNCCN1C(=O)c1ccc(NC2CC2)c([N+](=O)[O-])c1.Cl. The van der Waals surface area contributed by atoms with Crippen LogP contribution in [0.1, 0.15) is 30.1 Å². The molecule has 8 heteroatoms. The van der Waals surface area contributed by atoms with Crippen molar-refractivity contribution in [1.82, 2.24) is 10.2 Å². The van der Waals surface area contributed by atoms with Crippen molar-refractivity contribution in [2.24, 2.45) is 0 Å². The van der Waals surface area contributed by atoms with Gasteiger partial charge in [-0.25, -0.2) is 0 Å². The number of rotatable bonds is 4. The van der Waals surface area contributed by atoms with Gasteiger partial charge in [0.25, 0.3) is 11.6 Å². The topological polar surface area (TPSA) is 87.5 Å². The van der Waals surface area contributed by atoms with Gasteiger partial charge in [-0.15, -0.1) is 12.4 Å². The molecular weight excluding hydrogens is 320 g/mol. The normalized spacial score (nSPS) is 20.6. The Balaban J connectivity index is 0.00000192. The number of nitrogens with zero attached hydrogens (tertiary/aromatic N) is 2. The molecule has 1 saturated carbocycles. The first kappa shape index (κ1) is 17.5. The lowest BCUT2D eigenvalue weighted by Gasteiger charge is -2.34. The minimum atomic E-state index is -0.428. The lowest BCUT2D eigenvalue weighted by atomic mass is 10.1. The molecule has 126 valence electrons. The lowest BCUT2D eigenvalue weighted by Crippen LogP contribution is -2.52. The lowest BCUT2D eigenvalue weighted by molar-refractivity contribution is -0.384. The molecule has 1 aliphatic carbocycles. The van der Waals surface area contributed by atoms with Crippen molar-refractivity contribution in [2.45, 2.75) is 31.8 Å². The summed E-state index contributed by atoms with van der Waals surface area (Å²) in [6.45, 7) is 4.09. The van der Waals surface area contributed by atoms with Crippen LogP contribution in [0.15, 0.2) is 18.2 Å². The molecule has 2 fully saturated rings. The predicted molar refractivity (Wildman–Crippen MR) is 90.4 cm³/mol. The molecule has 0 unspecified atom stereocenters. The molecule has 7 nitrogen and oxygen atoms in total. The van der Waals surface area contributed by atoms with Gasteiger partial charge < -0.3 is 15.5 Å². The summed E-state index contributed by atoms with van der Waals surface area (Å²) in [4.78, 5) is 25.2. The Morgan fingerprint density at radius 2 is 2.17 bits per heavy atom. The number of amides is 1. The van der Waals surface area contributed by atoms with Gasteiger partial charge in [0, 0.05) is 43.3 Å².